The van der Waals surface area contributed by atoms with Gasteiger partial charge in [-0.05, 0) is 75.9 Å². The molecule has 1 aliphatic heterocycles. The molecular formula is C26H44O5Si. The van der Waals surface area contributed by atoms with Gasteiger partial charge in [0.25, 0.3) is 0 Å². The normalized spacial score (nSPS) is 18.6. The van der Waals surface area contributed by atoms with Crippen molar-refractivity contribution in [3.63, 3.8) is 0 Å². The van der Waals surface area contributed by atoms with Gasteiger partial charge in [-0.3, -0.25) is 0 Å². The maximum absolute atomic E-state index is 6.46. The molecule has 0 unspecified atom stereocenters. The zero-order valence-electron chi connectivity index (χ0n) is 21.9. The first-order valence-corrected chi connectivity index (χ1v) is 14.5. The molecule has 1 aromatic carbocycles. The summed E-state index contributed by atoms with van der Waals surface area (Å²) in [6.45, 7) is 18.6. The molecule has 1 aromatic rings. The summed E-state index contributed by atoms with van der Waals surface area (Å²) in [6.07, 6.45) is 5.52. The Morgan fingerprint density at radius 2 is 1.84 bits per heavy atom. The van der Waals surface area contributed by atoms with E-state index < -0.39 is 8.32 Å². The molecule has 0 spiro atoms. The molecule has 0 bridgehead atoms. The molecule has 1 heterocycles. The van der Waals surface area contributed by atoms with E-state index in [1.165, 1.54) is 5.57 Å². The van der Waals surface area contributed by atoms with Crippen LogP contribution in [0.2, 0.25) is 18.1 Å². The van der Waals surface area contributed by atoms with Gasteiger partial charge in [-0.15, -0.1) is 0 Å². The van der Waals surface area contributed by atoms with Gasteiger partial charge in [0.2, 0.25) is 0 Å². The molecule has 32 heavy (non-hydrogen) atoms. The molecule has 1 atom stereocenters. The molecule has 0 amide bonds. The van der Waals surface area contributed by atoms with Crippen LogP contribution >= 0.6 is 0 Å². The fourth-order valence-corrected chi connectivity index (χ4v) is 4.32. The fraction of sp³-hybridized carbons (Fsp3) is 0.692. The minimum atomic E-state index is -1.85. The number of hydrogen-bond acceptors (Lipinski definition) is 5. The van der Waals surface area contributed by atoms with E-state index in [1.807, 2.05) is 6.07 Å². The van der Waals surface area contributed by atoms with Crippen LogP contribution in [0.5, 0.6) is 11.5 Å². The van der Waals surface area contributed by atoms with Crippen molar-refractivity contribution < 1.29 is 23.4 Å². The lowest BCUT2D eigenvalue weighted by Gasteiger charge is -2.36. The summed E-state index contributed by atoms with van der Waals surface area (Å²) in [4.78, 5) is 0. The first-order chi connectivity index (χ1) is 14.8. The third kappa shape index (κ3) is 7.34. The van der Waals surface area contributed by atoms with Crippen LogP contribution in [0.3, 0.4) is 0 Å². The SMILES string of the molecule is COCOc1c(CC=C(C)CC[C@H]2OC2(C)C)cc(CO[Si](C)(C)C(C)(C)C)cc1OC. The van der Waals surface area contributed by atoms with Gasteiger partial charge in [-0.2, -0.15) is 0 Å². The van der Waals surface area contributed by atoms with Crippen LogP contribution in [0.15, 0.2) is 23.8 Å². The first-order valence-electron chi connectivity index (χ1n) is 11.6. The Hall–Kier alpha value is -1.34. The molecule has 0 saturated carbocycles. The Morgan fingerprint density at radius 1 is 1.19 bits per heavy atom. The zero-order chi connectivity index (χ0) is 24.2. The van der Waals surface area contributed by atoms with Gasteiger partial charge >= 0.3 is 0 Å². The predicted octanol–water partition coefficient (Wildman–Crippen LogP) is 6.65. The van der Waals surface area contributed by atoms with Crippen molar-refractivity contribution >= 4 is 8.32 Å². The van der Waals surface area contributed by atoms with Crippen molar-refractivity contribution in [1.82, 2.24) is 0 Å². The average Bonchev–Trinajstić information content (AvgIpc) is 3.33. The Morgan fingerprint density at radius 3 is 2.38 bits per heavy atom. The summed E-state index contributed by atoms with van der Waals surface area (Å²) in [5.74, 6) is 1.45. The van der Waals surface area contributed by atoms with Crippen LogP contribution in [0.4, 0.5) is 0 Å². The number of allylic oxidation sites excluding steroid dienone is 2. The highest BCUT2D eigenvalue weighted by Gasteiger charge is 2.46. The van der Waals surface area contributed by atoms with Crippen LogP contribution in [0.1, 0.15) is 65.5 Å². The smallest absolute Gasteiger partial charge is 0.192 e. The molecular weight excluding hydrogens is 420 g/mol. The van der Waals surface area contributed by atoms with Gasteiger partial charge in [0.15, 0.2) is 26.6 Å². The van der Waals surface area contributed by atoms with Gasteiger partial charge in [-0.25, -0.2) is 0 Å². The summed E-state index contributed by atoms with van der Waals surface area (Å²) in [5, 5.41) is 0.168. The number of rotatable bonds is 12. The van der Waals surface area contributed by atoms with E-state index in [9.17, 15) is 0 Å². The van der Waals surface area contributed by atoms with Crippen molar-refractivity contribution in [2.75, 3.05) is 21.0 Å². The topological polar surface area (TPSA) is 49.5 Å². The van der Waals surface area contributed by atoms with Gasteiger partial charge in [0.05, 0.1) is 25.4 Å². The molecule has 0 radical (unpaired) electrons. The van der Waals surface area contributed by atoms with Crippen molar-refractivity contribution in [2.45, 2.75) is 97.2 Å². The van der Waals surface area contributed by atoms with E-state index in [2.05, 4.69) is 66.8 Å². The number of benzene rings is 1. The minimum Gasteiger partial charge on any atom is -0.493 e. The minimum absolute atomic E-state index is 0.0489. The second kappa shape index (κ2) is 10.7. The fourth-order valence-electron chi connectivity index (χ4n) is 3.36. The Kier molecular flexibility index (Phi) is 9.02. The maximum atomic E-state index is 6.46. The Labute approximate surface area is 196 Å². The van der Waals surface area contributed by atoms with Crippen molar-refractivity contribution in [2.24, 2.45) is 0 Å². The largest absolute Gasteiger partial charge is 0.493 e. The van der Waals surface area contributed by atoms with Crippen LogP contribution < -0.4 is 9.47 Å². The maximum Gasteiger partial charge on any atom is 0.192 e. The van der Waals surface area contributed by atoms with Crippen molar-refractivity contribution in [3.05, 3.63) is 34.9 Å². The number of epoxide rings is 1. The molecule has 6 heteroatoms. The summed E-state index contributed by atoms with van der Waals surface area (Å²) < 4.78 is 28.9. The molecule has 1 fully saturated rings. The van der Waals surface area contributed by atoms with E-state index in [0.29, 0.717) is 18.5 Å². The van der Waals surface area contributed by atoms with Crippen LogP contribution in [-0.4, -0.2) is 41.0 Å². The highest BCUT2D eigenvalue weighted by Crippen LogP contribution is 2.40. The zero-order valence-corrected chi connectivity index (χ0v) is 22.9. The van der Waals surface area contributed by atoms with E-state index in [-0.39, 0.29) is 17.4 Å². The van der Waals surface area contributed by atoms with Crippen molar-refractivity contribution in [3.8, 4) is 11.5 Å². The molecule has 182 valence electrons. The molecule has 0 N–H and O–H groups in total. The van der Waals surface area contributed by atoms with Crippen LogP contribution in [0.25, 0.3) is 0 Å². The summed E-state index contributed by atoms with van der Waals surface area (Å²) in [6, 6.07) is 4.20. The van der Waals surface area contributed by atoms with E-state index >= 15 is 0 Å². The second-order valence-electron chi connectivity index (χ2n) is 10.9. The Bertz CT molecular complexity index is 792. The van der Waals surface area contributed by atoms with Gasteiger partial charge in [0.1, 0.15) is 0 Å². The van der Waals surface area contributed by atoms with Crippen molar-refractivity contribution in [1.29, 1.82) is 0 Å². The van der Waals surface area contributed by atoms with E-state index in [4.69, 9.17) is 23.4 Å². The monoisotopic (exact) mass is 464 g/mol. The molecule has 1 saturated heterocycles. The third-order valence-electron chi connectivity index (χ3n) is 6.77. The molecule has 0 aliphatic carbocycles. The van der Waals surface area contributed by atoms with Crippen LogP contribution in [0, 0.1) is 0 Å². The lowest BCUT2D eigenvalue weighted by molar-refractivity contribution is 0.0485. The second-order valence-corrected chi connectivity index (χ2v) is 15.7. The van der Waals surface area contributed by atoms with Gasteiger partial charge < -0.3 is 23.4 Å². The van der Waals surface area contributed by atoms with E-state index in [0.717, 1.165) is 36.1 Å². The summed E-state index contributed by atoms with van der Waals surface area (Å²) in [7, 11) is 1.45. The molecule has 2 rings (SSSR count). The molecule has 0 aromatic heterocycles. The van der Waals surface area contributed by atoms with Crippen LogP contribution in [-0.2, 0) is 26.9 Å². The number of ether oxygens (including phenoxy) is 4. The first kappa shape index (κ1) is 26.9. The lowest BCUT2D eigenvalue weighted by Crippen LogP contribution is -2.40. The quantitative estimate of drug-likeness (QED) is 0.150. The van der Waals surface area contributed by atoms with Gasteiger partial charge in [0, 0.05) is 12.7 Å². The summed E-state index contributed by atoms with van der Waals surface area (Å²) >= 11 is 0. The Balaban J connectivity index is 2.19. The summed E-state index contributed by atoms with van der Waals surface area (Å²) in [5.41, 5.74) is 3.59. The number of hydrogen-bond donors (Lipinski definition) is 0. The lowest BCUT2D eigenvalue weighted by atomic mass is 10.0. The highest BCUT2D eigenvalue weighted by molar-refractivity contribution is 6.74. The number of methoxy groups -OCH3 is 2. The predicted molar refractivity (Wildman–Crippen MR) is 133 cm³/mol. The average molecular weight is 465 g/mol. The standard InChI is InChI=1S/C26H44O5Si/c1-19(12-14-23-26(5,6)31-23)11-13-21-15-20(17-30-32(9,10)25(2,3)4)16-22(28-8)24(21)29-18-27-7/h11,15-16,23H,12-14,17-18H2,1-10H3/t23-/m1/s1. The third-order valence-corrected chi connectivity index (χ3v) is 11.3. The molecule has 5 nitrogen and oxygen atoms in total. The van der Waals surface area contributed by atoms with Gasteiger partial charge in [-0.1, -0.05) is 32.4 Å². The molecule has 1 aliphatic rings. The highest BCUT2D eigenvalue weighted by atomic mass is 28.4. The van der Waals surface area contributed by atoms with E-state index in [1.54, 1.807) is 14.2 Å².